The van der Waals surface area contributed by atoms with E-state index in [1.165, 1.54) is 0 Å². The fourth-order valence-corrected chi connectivity index (χ4v) is 3.64. The average molecular weight is 336 g/mol. The van der Waals surface area contributed by atoms with Crippen molar-refractivity contribution in [3.05, 3.63) is 35.9 Å². The summed E-state index contributed by atoms with van der Waals surface area (Å²) in [6.07, 6.45) is 6.45. The lowest BCUT2D eigenvalue weighted by Gasteiger charge is -2.13. The van der Waals surface area contributed by atoms with Gasteiger partial charge in [-0.2, -0.15) is 15.5 Å². The number of rotatable bonds is 3. The number of nitrogens with zero attached hydrogens (tertiary/aromatic N) is 5. The molecule has 1 saturated heterocycles. The van der Waals surface area contributed by atoms with E-state index in [1.807, 2.05) is 18.5 Å². The second-order valence-electron chi connectivity index (χ2n) is 6.55. The van der Waals surface area contributed by atoms with Gasteiger partial charge < -0.3 is 10.1 Å². The van der Waals surface area contributed by atoms with Crippen LogP contribution in [0.1, 0.15) is 30.6 Å². The first kappa shape index (κ1) is 15.7. The van der Waals surface area contributed by atoms with Crippen LogP contribution in [0.2, 0.25) is 0 Å². The minimum Gasteiger partial charge on any atom is -0.494 e. The molecule has 1 aliphatic rings. The maximum Gasteiger partial charge on any atom is 0.146 e. The molecule has 0 radical (unpaired) electrons. The second kappa shape index (κ2) is 5.90. The summed E-state index contributed by atoms with van der Waals surface area (Å²) in [5, 5.41) is 21.6. The molecule has 1 aliphatic heterocycles. The van der Waals surface area contributed by atoms with Crippen molar-refractivity contribution in [2.75, 3.05) is 13.7 Å². The molecule has 7 nitrogen and oxygen atoms in total. The highest BCUT2D eigenvalue weighted by Gasteiger charge is 2.25. The van der Waals surface area contributed by atoms with Gasteiger partial charge in [-0.15, -0.1) is 0 Å². The minimum atomic E-state index is 0.379. The van der Waals surface area contributed by atoms with Crippen molar-refractivity contribution in [3.63, 3.8) is 0 Å². The lowest BCUT2D eigenvalue weighted by molar-refractivity contribution is 0.417. The molecule has 0 aromatic carbocycles. The molecule has 0 amide bonds. The van der Waals surface area contributed by atoms with Crippen molar-refractivity contribution in [2.45, 2.75) is 32.4 Å². The van der Waals surface area contributed by atoms with E-state index in [2.05, 4.69) is 40.1 Å². The zero-order valence-electron chi connectivity index (χ0n) is 14.5. The predicted octanol–water partition coefficient (Wildman–Crippen LogP) is 2.31. The molecule has 3 aromatic heterocycles. The van der Waals surface area contributed by atoms with Gasteiger partial charge in [-0.3, -0.25) is 4.68 Å². The molecule has 1 N–H and O–H groups in total. The zero-order chi connectivity index (χ0) is 17.6. The number of fused-ring (bicyclic) bond motifs is 1. The molecular weight excluding hydrogens is 316 g/mol. The lowest BCUT2D eigenvalue weighted by atomic mass is 10.1. The van der Waals surface area contributed by atoms with Gasteiger partial charge in [0, 0.05) is 35.6 Å². The zero-order valence-corrected chi connectivity index (χ0v) is 14.5. The van der Waals surface area contributed by atoms with Crippen LogP contribution in [0.15, 0.2) is 24.7 Å². The van der Waals surface area contributed by atoms with Crippen LogP contribution in [-0.4, -0.2) is 39.1 Å². The van der Waals surface area contributed by atoms with E-state index in [-0.39, 0.29) is 0 Å². The van der Waals surface area contributed by atoms with Gasteiger partial charge in [0.1, 0.15) is 22.9 Å². The first-order valence-corrected chi connectivity index (χ1v) is 8.35. The van der Waals surface area contributed by atoms with Gasteiger partial charge in [0.2, 0.25) is 0 Å². The Morgan fingerprint density at radius 3 is 2.88 bits per heavy atom. The van der Waals surface area contributed by atoms with Crippen LogP contribution in [0.5, 0.6) is 5.75 Å². The molecule has 4 heterocycles. The largest absolute Gasteiger partial charge is 0.494 e. The van der Waals surface area contributed by atoms with Gasteiger partial charge in [-0.25, -0.2) is 4.52 Å². The van der Waals surface area contributed by atoms with E-state index < -0.39 is 0 Å². The fraction of sp³-hybridized carbons (Fsp3) is 0.389. The highest BCUT2D eigenvalue weighted by molar-refractivity contribution is 5.75. The molecule has 2 atom stereocenters. The van der Waals surface area contributed by atoms with Crippen molar-refractivity contribution in [1.29, 1.82) is 5.26 Å². The van der Waals surface area contributed by atoms with Gasteiger partial charge in [0.25, 0.3) is 0 Å². The van der Waals surface area contributed by atoms with Crippen LogP contribution in [0, 0.1) is 18.3 Å². The Hall–Kier alpha value is -2.85. The molecule has 0 unspecified atom stereocenters. The SMILES string of the molecule is COc1cc(-c2cnn([C@@H]3CN[C@@H](C)C3)c2C)cn2ncc(C#N)c12. The fourth-order valence-electron chi connectivity index (χ4n) is 3.64. The summed E-state index contributed by atoms with van der Waals surface area (Å²) in [5.41, 5.74) is 4.33. The Morgan fingerprint density at radius 2 is 2.20 bits per heavy atom. The third-order valence-electron chi connectivity index (χ3n) is 4.95. The van der Waals surface area contributed by atoms with E-state index in [9.17, 15) is 5.26 Å². The molecule has 7 heteroatoms. The highest BCUT2D eigenvalue weighted by atomic mass is 16.5. The number of methoxy groups -OCH3 is 1. The molecular formula is C18H20N6O. The summed E-state index contributed by atoms with van der Waals surface area (Å²) in [5.74, 6) is 0.634. The van der Waals surface area contributed by atoms with Crippen LogP contribution in [-0.2, 0) is 0 Å². The Bertz CT molecular complexity index is 980. The van der Waals surface area contributed by atoms with Gasteiger partial charge in [-0.05, 0) is 26.3 Å². The minimum absolute atomic E-state index is 0.379. The van der Waals surface area contributed by atoms with Crippen LogP contribution in [0.3, 0.4) is 0 Å². The summed E-state index contributed by atoms with van der Waals surface area (Å²) in [6.45, 7) is 5.23. The quantitative estimate of drug-likeness (QED) is 0.794. The van der Waals surface area contributed by atoms with Crippen LogP contribution >= 0.6 is 0 Å². The molecule has 1 fully saturated rings. The number of pyridine rings is 1. The molecule has 128 valence electrons. The van der Waals surface area contributed by atoms with E-state index in [0.29, 0.717) is 28.9 Å². The number of ether oxygens (including phenoxy) is 1. The molecule has 0 aliphatic carbocycles. The second-order valence-corrected chi connectivity index (χ2v) is 6.55. The molecule has 0 bridgehead atoms. The van der Waals surface area contributed by atoms with Gasteiger partial charge in [-0.1, -0.05) is 0 Å². The monoisotopic (exact) mass is 336 g/mol. The van der Waals surface area contributed by atoms with Gasteiger partial charge in [0.05, 0.1) is 25.5 Å². The molecule has 4 rings (SSSR count). The smallest absolute Gasteiger partial charge is 0.146 e. The average Bonchev–Trinajstić information content (AvgIpc) is 3.31. The number of nitrogens with one attached hydrogen (secondary N) is 1. The van der Waals surface area contributed by atoms with Gasteiger partial charge in [0.15, 0.2) is 0 Å². The first-order valence-electron chi connectivity index (χ1n) is 8.35. The van der Waals surface area contributed by atoms with E-state index in [0.717, 1.165) is 29.8 Å². The van der Waals surface area contributed by atoms with Gasteiger partial charge >= 0.3 is 0 Å². The Kier molecular flexibility index (Phi) is 3.70. The van der Waals surface area contributed by atoms with E-state index in [4.69, 9.17) is 4.74 Å². The van der Waals surface area contributed by atoms with Crippen molar-refractivity contribution in [3.8, 4) is 22.9 Å². The number of hydrogen-bond donors (Lipinski definition) is 1. The van der Waals surface area contributed by atoms with Crippen LogP contribution in [0.4, 0.5) is 0 Å². The molecule has 0 spiro atoms. The summed E-state index contributed by atoms with van der Waals surface area (Å²) in [4.78, 5) is 0. The number of hydrogen-bond acceptors (Lipinski definition) is 5. The maximum absolute atomic E-state index is 9.24. The standard InChI is InChI=1S/C18H20N6O/c1-11-4-15(8-20-11)24-12(2)16(9-22-24)13-5-17(25-3)18-14(6-19)7-21-23(18)10-13/h5,7,9-11,15,20H,4,8H2,1-3H3/t11-,15-/m0/s1. The third-order valence-corrected chi connectivity index (χ3v) is 4.95. The topological polar surface area (TPSA) is 80.2 Å². The van der Waals surface area contributed by atoms with Crippen molar-refractivity contribution < 1.29 is 4.74 Å². The highest BCUT2D eigenvalue weighted by Crippen LogP contribution is 2.32. The normalized spacial score (nSPS) is 20.1. The van der Waals surface area contributed by atoms with E-state index >= 15 is 0 Å². The Labute approximate surface area is 145 Å². The van der Waals surface area contributed by atoms with E-state index in [1.54, 1.807) is 17.8 Å². The molecule has 25 heavy (non-hydrogen) atoms. The summed E-state index contributed by atoms with van der Waals surface area (Å²) >= 11 is 0. The van der Waals surface area contributed by atoms with Crippen molar-refractivity contribution in [2.24, 2.45) is 0 Å². The van der Waals surface area contributed by atoms with Crippen LogP contribution < -0.4 is 10.1 Å². The Morgan fingerprint density at radius 1 is 1.36 bits per heavy atom. The molecule has 3 aromatic rings. The molecule has 0 saturated carbocycles. The number of aromatic nitrogens is 4. The van der Waals surface area contributed by atoms with Crippen molar-refractivity contribution >= 4 is 5.52 Å². The lowest BCUT2D eigenvalue weighted by Crippen LogP contribution is -2.18. The predicted molar refractivity (Wildman–Crippen MR) is 93.5 cm³/mol. The Balaban J connectivity index is 1.80. The number of nitriles is 1. The van der Waals surface area contributed by atoms with Crippen LogP contribution in [0.25, 0.3) is 16.6 Å². The maximum atomic E-state index is 9.24. The summed E-state index contributed by atoms with van der Waals surface area (Å²) < 4.78 is 9.30. The third kappa shape index (κ3) is 2.46. The van der Waals surface area contributed by atoms with Crippen molar-refractivity contribution in [1.82, 2.24) is 24.7 Å². The first-order chi connectivity index (χ1) is 12.1. The summed E-state index contributed by atoms with van der Waals surface area (Å²) in [7, 11) is 1.61. The summed E-state index contributed by atoms with van der Waals surface area (Å²) in [6, 6.07) is 4.99.